The van der Waals surface area contributed by atoms with Crippen molar-refractivity contribution in [3.05, 3.63) is 57.0 Å². The van der Waals surface area contributed by atoms with Gasteiger partial charge < -0.3 is 4.90 Å². The van der Waals surface area contributed by atoms with Gasteiger partial charge in [0.05, 0.1) is 15.4 Å². The van der Waals surface area contributed by atoms with E-state index in [1.165, 1.54) is 24.3 Å². The lowest BCUT2D eigenvalue weighted by Gasteiger charge is -2.22. The van der Waals surface area contributed by atoms with E-state index in [0.717, 1.165) is 42.3 Å². The number of likely N-dealkylation sites (tertiary alicyclic amines) is 1. The van der Waals surface area contributed by atoms with Crippen molar-refractivity contribution >= 4 is 40.6 Å². The maximum absolute atomic E-state index is 12.5. The Hall–Kier alpha value is -2.94. The van der Waals surface area contributed by atoms with E-state index in [0.29, 0.717) is 18.7 Å². The minimum Gasteiger partial charge on any atom is -0.341 e. The van der Waals surface area contributed by atoms with Gasteiger partial charge in [-0.3, -0.25) is 29.4 Å². The number of imide groups is 1. The van der Waals surface area contributed by atoms with Crippen LogP contribution in [-0.2, 0) is 9.59 Å². The smallest absolute Gasteiger partial charge is 0.294 e. The number of hydrogen-bond donors (Lipinski definition) is 0. The molecule has 0 spiro atoms. The highest BCUT2D eigenvalue weighted by Crippen LogP contribution is 2.31. The zero-order valence-corrected chi connectivity index (χ0v) is 16.6. The molecular weight excluding hydrogens is 394 g/mol. The molecule has 3 rings (SSSR count). The molecular formula is C20H21N3O5S. The number of amides is 3. The van der Waals surface area contributed by atoms with Gasteiger partial charge >= 0.3 is 0 Å². The number of allylic oxidation sites excluding steroid dienone is 2. The van der Waals surface area contributed by atoms with Crippen LogP contribution in [-0.4, -0.2) is 51.4 Å². The Morgan fingerprint density at radius 1 is 1.14 bits per heavy atom. The van der Waals surface area contributed by atoms with E-state index >= 15 is 0 Å². The molecule has 2 heterocycles. The lowest BCUT2D eigenvalue weighted by molar-refractivity contribution is -0.385. The third-order valence-electron chi connectivity index (χ3n) is 4.78. The molecule has 1 aromatic rings. The van der Waals surface area contributed by atoms with Gasteiger partial charge in [0.15, 0.2) is 0 Å². The van der Waals surface area contributed by atoms with Crippen LogP contribution in [0.4, 0.5) is 10.5 Å². The normalized spacial score (nSPS) is 19.2. The predicted molar refractivity (Wildman–Crippen MR) is 110 cm³/mol. The molecule has 0 radical (unpaired) electrons. The average molecular weight is 415 g/mol. The molecule has 8 nitrogen and oxygen atoms in total. The van der Waals surface area contributed by atoms with Crippen LogP contribution in [0.5, 0.6) is 0 Å². The molecule has 9 heteroatoms. The number of rotatable bonds is 5. The van der Waals surface area contributed by atoms with E-state index in [2.05, 4.69) is 0 Å². The van der Waals surface area contributed by atoms with Gasteiger partial charge in [-0.15, -0.1) is 0 Å². The fourth-order valence-electron chi connectivity index (χ4n) is 3.24. The summed E-state index contributed by atoms with van der Waals surface area (Å²) in [5.41, 5.74) is 0.345. The lowest BCUT2D eigenvalue weighted by atomic mass is 10.1. The Morgan fingerprint density at radius 2 is 1.83 bits per heavy atom. The molecule has 2 aliphatic rings. The van der Waals surface area contributed by atoms with Crippen LogP contribution in [0.2, 0.25) is 0 Å². The molecule has 1 aromatic carbocycles. The lowest BCUT2D eigenvalue weighted by Crippen LogP contribution is -2.42. The summed E-state index contributed by atoms with van der Waals surface area (Å²) < 4.78 is 0. The Bertz CT molecular complexity index is 888. The topological polar surface area (TPSA) is 101 Å². The Kier molecular flexibility index (Phi) is 6.82. The monoisotopic (exact) mass is 415 g/mol. The summed E-state index contributed by atoms with van der Waals surface area (Å²) in [6.07, 6.45) is 8.48. The quantitative estimate of drug-likeness (QED) is 0.414. The van der Waals surface area contributed by atoms with E-state index in [1.54, 1.807) is 23.1 Å². The number of para-hydroxylation sites is 1. The molecule has 2 fully saturated rings. The van der Waals surface area contributed by atoms with Gasteiger partial charge in [0, 0.05) is 19.2 Å². The predicted octanol–water partition coefficient (Wildman–Crippen LogP) is 3.59. The van der Waals surface area contributed by atoms with Crippen molar-refractivity contribution < 1.29 is 19.3 Å². The summed E-state index contributed by atoms with van der Waals surface area (Å²) in [5, 5.41) is 10.6. The van der Waals surface area contributed by atoms with Crippen molar-refractivity contribution in [3.8, 4) is 0 Å². The molecule has 0 atom stereocenters. The molecule has 0 aromatic heterocycles. The SMILES string of the molecule is O=C(CN1C(=O)SC(=CC=Cc2ccccc2[N+](=O)[O-])C1=O)N1CCCCCC1. The number of hydrogen-bond acceptors (Lipinski definition) is 6. The molecule has 0 bridgehead atoms. The van der Waals surface area contributed by atoms with Gasteiger partial charge in [0.2, 0.25) is 5.91 Å². The standard InChI is InChI=1S/C20H21N3O5S/c24-18(21-12-5-1-2-6-13-21)14-22-19(25)17(29-20(22)26)11-7-9-15-8-3-4-10-16(15)23(27)28/h3-4,7-11H,1-2,5-6,12-14H2. The van der Waals surface area contributed by atoms with Gasteiger partial charge in [-0.05, 0) is 42.8 Å². The van der Waals surface area contributed by atoms with Crippen molar-refractivity contribution in [1.29, 1.82) is 0 Å². The number of carbonyl (C=O) groups excluding carboxylic acids is 3. The van der Waals surface area contributed by atoms with Gasteiger partial charge in [0.25, 0.3) is 16.8 Å². The largest absolute Gasteiger partial charge is 0.341 e. The van der Waals surface area contributed by atoms with Crippen molar-refractivity contribution in [2.24, 2.45) is 0 Å². The summed E-state index contributed by atoms with van der Waals surface area (Å²) >= 11 is 0.763. The second-order valence-electron chi connectivity index (χ2n) is 6.76. The summed E-state index contributed by atoms with van der Waals surface area (Å²) in [4.78, 5) is 50.6. The number of nitro benzene ring substituents is 1. The van der Waals surface area contributed by atoms with E-state index < -0.39 is 16.1 Å². The highest BCUT2D eigenvalue weighted by molar-refractivity contribution is 8.18. The Labute approximate surface area is 172 Å². The number of nitro groups is 1. The van der Waals surface area contributed by atoms with Gasteiger partial charge in [0.1, 0.15) is 6.54 Å². The molecule has 0 N–H and O–H groups in total. The number of benzene rings is 1. The first kappa shape index (κ1) is 20.8. The first-order chi connectivity index (χ1) is 14.0. The minimum absolute atomic E-state index is 0.0479. The van der Waals surface area contributed by atoms with E-state index in [-0.39, 0.29) is 23.0 Å². The molecule has 152 valence electrons. The Morgan fingerprint density at radius 3 is 2.52 bits per heavy atom. The van der Waals surface area contributed by atoms with Gasteiger partial charge in [-0.2, -0.15) is 0 Å². The second-order valence-corrected chi connectivity index (χ2v) is 7.75. The first-order valence-corrected chi connectivity index (χ1v) is 10.2. The van der Waals surface area contributed by atoms with Crippen molar-refractivity contribution in [2.45, 2.75) is 25.7 Å². The van der Waals surface area contributed by atoms with E-state index in [1.807, 2.05) is 0 Å². The molecule has 0 saturated carbocycles. The maximum Gasteiger partial charge on any atom is 0.294 e. The van der Waals surface area contributed by atoms with Crippen LogP contribution in [0.1, 0.15) is 31.2 Å². The van der Waals surface area contributed by atoms with Crippen molar-refractivity contribution in [2.75, 3.05) is 19.6 Å². The van der Waals surface area contributed by atoms with Gasteiger partial charge in [-0.25, -0.2) is 0 Å². The first-order valence-electron chi connectivity index (χ1n) is 9.40. The molecule has 2 saturated heterocycles. The third kappa shape index (κ3) is 5.11. The molecule has 29 heavy (non-hydrogen) atoms. The van der Waals surface area contributed by atoms with E-state index in [9.17, 15) is 24.5 Å². The fraction of sp³-hybridized carbons (Fsp3) is 0.350. The highest BCUT2D eigenvalue weighted by atomic mass is 32.2. The van der Waals surface area contributed by atoms with Gasteiger partial charge in [-0.1, -0.05) is 31.1 Å². The zero-order chi connectivity index (χ0) is 20.8. The molecule has 3 amide bonds. The summed E-state index contributed by atoms with van der Waals surface area (Å²) in [5.74, 6) is -0.735. The number of carbonyl (C=O) groups is 3. The summed E-state index contributed by atoms with van der Waals surface area (Å²) in [6, 6.07) is 6.23. The third-order valence-corrected chi connectivity index (χ3v) is 5.71. The van der Waals surface area contributed by atoms with Crippen molar-refractivity contribution in [1.82, 2.24) is 9.80 Å². The number of thioether (sulfide) groups is 1. The summed E-state index contributed by atoms with van der Waals surface area (Å²) in [7, 11) is 0. The maximum atomic E-state index is 12.5. The van der Waals surface area contributed by atoms with Crippen LogP contribution in [0.15, 0.2) is 41.3 Å². The summed E-state index contributed by atoms with van der Waals surface area (Å²) in [6.45, 7) is 1.06. The Balaban J connectivity index is 1.67. The molecule has 0 aliphatic carbocycles. The second kappa shape index (κ2) is 9.51. The zero-order valence-electron chi connectivity index (χ0n) is 15.8. The van der Waals surface area contributed by atoms with Crippen LogP contribution < -0.4 is 0 Å². The number of nitrogens with zero attached hydrogens (tertiary/aromatic N) is 3. The van der Waals surface area contributed by atoms with Crippen LogP contribution >= 0.6 is 11.8 Å². The average Bonchev–Trinajstić information content (AvgIpc) is 2.89. The van der Waals surface area contributed by atoms with Crippen LogP contribution in [0.3, 0.4) is 0 Å². The highest BCUT2D eigenvalue weighted by Gasteiger charge is 2.36. The van der Waals surface area contributed by atoms with E-state index in [4.69, 9.17) is 0 Å². The fourth-order valence-corrected chi connectivity index (χ4v) is 4.03. The molecule has 0 unspecified atom stereocenters. The van der Waals surface area contributed by atoms with Crippen LogP contribution in [0.25, 0.3) is 6.08 Å². The van der Waals surface area contributed by atoms with Crippen LogP contribution in [0, 0.1) is 10.1 Å². The molecule has 2 aliphatic heterocycles. The van der Waals surface area contributed by atoms with Crippen molar-refractivity contribution in [3.63, 3.8) is 0 Å². The minimum atomic E-state index is -0.518.